The fourth-order valence-electron chi connectivity index (χ4n) is 4.72. The Hall–Kier alpha value is -2.82. The van der Waals surface area contributed by atoms with Gasteiger partial charge >= 0.3 is 5.97 Å². The molecule has 0 saturated carbocycles. The first kappa shape index (κ1) is 27.7. The molecule has 0 unspecified atom stereocenters. The summed E-state index contributed by atoms with van der Waals surface area (Å²) in [6.45, 7) is 4.47. The molecule has 0 bridgehead atoms. The Bertz CT molecular complexity index is 1460. The average Bonchev–Trinajstić information content (AvgIpc) is 3.54. The second-order valence-electron chi connectivity index (χ2n) is 9.32. The van der Waals surface area contributed by atoms with Crippen molar-refractivity contribution in [1.82, 2.24) is 14.5 Å². The number of likely N-dealkylation sites (tertiary alicyclic amines) is 1. The molecule has 1 N–H and O–H groups in total. The molecule has 2 aromatic carbocycles. The van der Waals surface area contributed by atoms with E-state index in [1.807, 2.05) is 35.8 Å². The number of aromatic nitrogens is 2. The minimum atomic E-state index is -0.489. The molecule has 4 aromatic rings. The van der Waals surface area contributed by atoms with Crippen LogP contribution in [0.3, 0.4) is 0 Å². The third-order valence-electron chi connectivity index (χ3n) is 6.78. The van der Waals surface area contributed by atoms with Gasteiger partial charge in [0, 0.05) is 36.3 Å². The van der Waals surface area contributed by atoms with Crippen LogP contribution in [0.4, 0.5) is 0 Å². The van der Waals surface area contributed by atoms with E-state index in [0.717, 1.165) is 47.5 Å². The highest BCUT2D eigenvalue weighted by atomic mass is 35.5. The molecule has 11 heteroatoms. The van der Waals surface area contributed by atoms with Crippen molar-refractivity contribution in [3.05, 3.63) is 69.3 Å². The molecule has 2 aromatic heterocycles. The molecule has 0 spiro atoms. The van der Waals surface area contributed by atoms with E-state index in [0.29, 0.717) is 33.0 Å². The molecule has 206 valence electrons. The van der Waals surface area contributed by atoms with Crippen LogP contribution in [0.1, 0.15) is 41.1 Å². The Morgan fingerprint density at radius 3 is 2.72 bits per heavy atom. The number of fused-ring (bicyclic) bond motifs is 1. The summed E-state index contributed by atoms with van der Waals surface area (Å²) in [5, 5.41) is 11.0. The number of nitrogens with zero attached hydrogens (tertiary/aromatic N) is 3. The van der Waals surface area contributed by atoms with Crippen molar-refractivity contribution < 1.29 is 24.1 Å². The van der Waals surface area contributed by atoms with Crippen LogP contribution in [0.15, 0.2) is 48.8 Å². The molecule has 39 heavy (non-hydrogen) atoms. The first-order chi connectivity index (χ1) is 18.9. The number of aliphatic hydroxyl groups is 1. The zero-order valence-electron chi connectivity index (χ0n) is 21.6. The molecule has 1 fully saturated rings. The number of piperidine rings is 1. The summed E-state index contributed by atoms with van der Waals surface area (Å²) in [6, 6.07) is 12.9. The van der Waals surface area contributed by atoms with E-state index in [2.05, 4.69) is 9.88 Å². The largest absolute Gasteiger partial charge is 0.489 e. The Labute approximate surface area is 240 Å². The maximum Gasteiger partial charge on any atom is 0.351 e. The second kappa shape index (κ2) is 12.1. The van der Waals surface area contributed by atoms with Gasteiger partial charge in [-0.2, -0.15) is 0 Å². The third-order valence-corrected chi connectivity index (χ3v) is 8.52. The summed E-state index contributed by atoms with van der Waals surface area (Å²) in [7, 11) is 1.34. The number of benzene rings is 2. The van der Waals surface area contributed by atoms with E-state index in [1.165, 1.54) is 18.4 Å². The maximum atomic E-state index is 12.7. The number of esters is 1. The number of carbonyl (C=O) groups is 1. The molecule has 0 amide bonds. The molecular weight excluding hydrogens is 561 g/mol. The van der Waals surface area contributed by atoms with Crippen molar-refractivity contribution in [3.8, 4) is 16.5 Å². The molecule has 0 radical (unpaired) electrons. The summed E-state index contributed by atoms with van der Waals surface area (Å²) in [5.74, 6) is 0.508. The fourth-order valence-corrected chi connectivity index (χ4v) is 6.21. The van der Waals surface area contributed by atoms with Crippen molar-refractivity contribution in [2.24, 2.45) is 0 Å². The maximum absolute atomic E-state index is 12.7. The lowest BCUT2D eigenvalue weighted by Gasteiger charge is -2.32. The van der Waals surface area contributed by atoms with Crippen LogP contribution in [-0.2, 0) is 4.74 Å². The lowest BCUT2D eigenvalue weighted by atomic mass is 10.1. The van der Waals surface area contributed by atoms with Gasteiger partial charge in [0.2, 0.25) is 0 Å². The average molecular weight is 591 g/mol. The molecular formula is C28H29Cl2N3O5S. The van der Waals surface area contributed by atoms with Crippen LogP contribution >= 0.6 is 34.5 Å². The highest BCUT2D eigenvalue weighted by Crippen LogP contribution is 2.39. The lowest BCUT2D eigenvalue weighted by Crippen LogP contribution is -2.39. The van der Waals surface area contributed by atoms with Gasteiger partial charge in [0.25, 0.3) is 0 Å². The number of halogens is 2. The first-order valence-electron chi connectivity index (χ1n) is 12.7. The minimum absolute atomic E-state index is 0.0501. The van der Waals surface area contributed by atoms with Gasteiger partial charge in [-0.1, -0.05) is 35.3 Å². The number of hydrogen-bond donors (Lipinski definition) is 1. The number of hydrogen-bond acceptors (Lipinski definition) is 8. The number of rotatable bonds is 9. The summed E-state index contributed by atoms with van der Waals surface area (Å²) < 4.78 is 19.5. The third kappa shape index (κ3) is 6.02. The van der Waals surface area contributed by atoms with Crippen LogP contribution < -0.4 is 9.47 Å². The van der Waals surface area contributed by atoms with Crippen molar-refractivity contribution in [2.45, 2.75) is 32.0 Å². The highest BCUT2D eigenvalue weighted by molar-refractivity contribution is 7.16. The number of aliphatic hydroxyl groups excluding tert-OH is 1. The number of carbonyl (C=O) groups excluding carboxylic acids is 1. The number of imidazole rings is 1. The smallest absolute Gasteiger partial charge is 0.351 e. The number of ether oxygens (including phenoxy) is 3. The van der Waals surface area contributed by atoms with Crippen LogP contribution in [0.25, 0.3) is 16.0 Å². The van der Waals surface area contributed by atoms with E-state index >= 15 is 0 Å². The highest BCUT2D eigenvalue weighted by Gasteiger charge is 2.25. The van der Waals surface area contributed by atoms with Gasteiger partial charge < -0.3 is 24.2 Å². The molecule has 1 aliphatic rings. The molecule has 5 rings (SSSR count). The SMILES string of the molecule is COC(=O)c1sc(-n2cnc3cc(Cl)ccc32)cc1O[C@H](C)c1cccc(OC2CCN(CCO)CC2)c1Cl. The van der Waals surface area contributed by atoms with Gasteiger partial charge in [0.05, 0.1) is 29.8 Å². The van der Waals surface area contributed by atoms with E-state index in [1.54, 1.807) is 24.5 Å². The van der Waals surface area contributed by atoms with Gasteiger partial charge in [-0.3, -0.25) is 4.57 Å². The minimum Gasteiger partial charge on any atom is -0.489 e. The number of thiophene rings is 1. The van der Waals surface area contributed by atoms with Crippen LogP contribution in [0.5, 0.6) is 11.5 Å². The molecule has 0 aliphatic carbocycles. The summed E-state index contributed by atoms with van der Waals surface area (Å²) >= 11 is 14.2. The topological polar surface area (TPSA) is 86.1 Å². The predicted octanol–water partition coefficient (Wildman–Crippen LogP) is 6.16. The Morgan fingerprint density at radius 2 is 1.97 bits per heavy atom. The summed E-state index contributed by atoms with van der Waals surface area (Å²) in [6.07, 6.45) is 2.99. The van der Waals surface area contributed by atoms with E-state index in [4.69, 9.17) is 37.4 Å². The zero-order chi connectivity index (χ0) is 27.5. The molecule has 3 heterocycles. The molecule has 1 aliphatic heterocycles. The number of β-amino-alcohol motifs (C(OH)–C–C–N with tert-alkyl or cyclic N) is 1. The van der Waals surface area contributed by atoms with Crippen LogP contribution in [0, 0.1) is 0 Å². The van der Waals surface area contributed by atoms with Crippen molar-refractivity contribution in [2.75, 3.05) is 33.4 Å². The van der Waals surface area contributed by atoms with Crippen LogP contribution in [0.2, 0.25) is 10.0 Å². The van der Waals surface area contributed by atoms with Gasteiger partial charge in [-0.25, -0.2) is 9.78 Å². The monoisotopic (exact) mass is 589 g/mol. The molecule has 1 atom stereocenters. The van der Waals surface area contributed by atoms with Crippen LogP contribution in [-0.4, -0.2) is 65.0 Å². The van der Waals surface area contributed by atoms with Crippen molar-refractivity contribution >= 4 is 51.5 Å². The van der Waals surface area contributed by atoms with E-state index in [-0.39, 0.29) is 12.7 Å². The fraction of sp³-hybridized carbons (Fsp3) is 0.357. The predicted molar refractivity (Wildman–Crippen MR) is 153 cm³/mol. The Balaban J connectivity index is 1.37. The lowest BCUT2D eigenvalue weighted by molar-refractivity contribution is 0.0600. The van der Waals surface area contributed by atoms with Gasteiger partial charge in [0.1, 0.15) is 35.0 Å². The van der Waals surface area contributed by atoms with Crippen molar-refractivity contribution in [1.29, 1.82) is 0 Å². The summed E-state index contributed by atoms with van der Waals surface area (Å²) in [5.41, 5.74) is 2.35. The van der Waals surface area contributed by atoms with E-state index < -0.39 is 12.1 Å². The van der Waals surface area contributed by atoms with Crippen molar-refractivity contribution in [3.63, 3.8) is 0 Å². The van der Waals surface area contributed by atoms with E-state index in [9.17, 15) is 9.90 Å². The quantitative estimate of drug-likeness (QED) is 0.234. The zero-order valence-corrected chi connectivity index (χ0v) is 23.9. The standard InChI is InChI=1S/C28H29Cl2N3O5S/c1-17(20-4-3-5-23(26(20)30)38-19-8-10-32(11-9-19)12-13-34)37-24-15-25(39-27(24)28(35)36-2)33-16-31-21-14-18(29)6-7-22(21)33/h3-7,14-17,19,34H,8-13H2,1-2H3/t17-/m1/s1. The summed E-state index contributed by atoms with van der Waals surface area (Å²) in [4.78, 5) is 19.7. The first-order valence-corrected chi connectivity index (χ1v) is 14.2. The van der Waals surface area contributed by atoms with Gasteiger partial charge in [0.15, 0.2) is 4.88 Å². The normalized spacial score (nSPS) is 15.4. The van der Waals surface area contributed by atoms with Gasteiger partial charge in [-0.15, -0.1) is 11.3 Å². The molecule has 8 nitrogen and oxygen atoms in total. The Morgan fingerprint density at radius 1 is 1.18 bits per heavy atom. The molecule has 1 saturated heterocycles. The Kier molecular flexibility index (Phi) is 8.64. The second-order valence-corrected chi connectivity index (χ2v) is 11.2. The van der Waals surface area contributed by atoms with Gasteiger partial charge in [-0.05, 0) is 44.0 Å². The number of methoxy groups -OCH3 is 1.